The molecule has 6 nitrogen and oxygen atoms in total. The maximum absolute atomic E-state index is 12.3. The average molecular weight is 286 g/mol. The van der Waals surface area contributed by atoms with E-state index in [2.05, 4.69) is 19.2 Å². The van der Waals surface area contributed by atoms with E-state index in [1.54, 1.807) is 11.8 Å². The van der Waals surface area contributed by atoms with Crippen LogP contribution >= 0.6 is 0 Å². The Morgan fingerprint density at radius 2 is 2.15 bits per heavy atom. The largest absolute Gasteiger partial charge is 0.481 e. The summed E-state index contributed by atoms with van der Waals surface area (Å²) in [4.78, 5) is 25.3. The summed E-state index contributed by atoms with van der Waals surface area (Å²) < 4.78 is 5.24. The van der Waals surface area contributed by atoms with Gasteiger partial charge in [-0.3, -0.25) is 4.79 Å². The Hall–Kier alpha value is -1.30. The van der Waals surface area contributed by atoms with E-state index in [9.17, 15) is 14.7 Å². The minimum Gasteiger partial charge on any atom is -0.481 e. The SMILES string of the molecule is CCC(C)CN(CC)C(=O)NC1COCC1(C)C(=O)O. The molecule has 0 aromatic heterocycles. The minimum atomic E-state index is -1.05. The van der Waals surface area contributed by atoms with Crippen molar-refractivity contribution in [1.29, 1.82) is 0 Å². The van der Waals surface area contributed by atoms with Crippen molar-refractivity contribution >= 4 is 12.0 Å². The van der Waals surface area contributed by atoms with Crippen LogP contribution < -0.4 is 5.32 Å². The van der Waals surface area contributed by atoms with Gasteiger partial charge < -0.3 is 20.1 Å². The lowest BCUT2D eigenvalue weighted by atomic mass is 9.85. The van der Waals surface area contributed by atoms with Crippen LogP contribution in [0.5, 0.6) is 0 Å². The molecular weight excluding hydrogens is 260 g/mol. The van der Waals surface area contributed by atoms with E-state index in [1.165, 1.54) is 0 Å². The fraction of sp³-hybridized carbons (Fsp3) is 0.857. The molecule has 3 unspecified atom stereocenters. The lowest BCUT2D eigenvalue weighted by Crippen LogP contribution is -2.53. The molecule has 1 fully saturated rings. The highest BCUT2D eigenvalue weighted by molar-refractivity contribution is 5.79. The molecule has 20 heavy (non-hydrogen) atoms. The van der Waals surface area contributed by atoms with Gasteiger partial charge in [0.25, 0.3) is 0 Å². The normalized spacial score (nSPS) is 27.1. The molecule has 2 amide bonds. The molecule has 0 spiro atoms. The molecule has 0 aromatic rings. The van der Waals surface area contributed by atoms with Crippen molar-refractivity contribution in [2.24, 2.45) is 11.3 Å². The maximum Gasteiger partial charge on any atom is 0.317 e. The number of nitrogens with zero attached hydrogens (tertiary/aromatic N) is 1. The van der Waals surface area contributed by atoms with E-state index in [0.29, 0.717) is 19.0 Å². The van der Waals surface area contributed by atoms with Crippen LogP contribution in [0.2, 0.25) is 0 Å². The zero-order chi connectivity index (χ0) is 15.3. The zero-order valence-electron chi connectivity index (χ0n) is 12.8. The second-order valence-corrected chi connectivity index (χ2v) is 5.79. The molecule has 3 atom stereocenters. The molecule has 1 rings (SSSR count). The highest BCUT2D eigenvalue weighted by Gasteiger charge is 2.47. The van der Waals surface area contributed by atoms with Crippen LogP contribution in [0.3, 0.4) is 0 Å². The number of amides is 2. The average Bonchev–Trinajstić information content (AvgIpc) is 2.78. The van der Waals surface area contributed by atoms with Crippen molar-refractivity contribution in [3.63, 3.8) is 0 Å². The molecule has 1 saturated heterocycles. The molecule has 0 aliphatic carbocycles. The summed E-state index contributed by atoms with van der Waals surface area (Å²) in [6.07, 6.45) is 1.00. The van der Waals surface area contributed by atoms with Crippen molar-refractivity contribution < 1.29 is 19.4 Å². The highest BCUT2D eigenvalue weighted by Crippen LogP contribution is 2.28. The molecule has 116 valence electrons. The third-order valence-corrected chi connectivity index (χ3v) is 4.14. The van der Waals surface area contributed by atoms with Crippen LogP contribution in [0, 0.1) is 11.3 Å². The minimum absolute atomic E-state index is 0.130. The Labute approximate surface area is 120 Å². The number of carbonyl (C=O) groups excluding carboxylic acids is 1. The summed E-state index contributed by atoms with van der Waals surface area (Å²) in [5, 5.41) is 12.1. The summed E-state index contributed by atoms with van der Waals surface area (Å²) in [5.74, 6) is -0.517. The van der Waals surface area contributed by atoms with Crippen LogP contribution in [0.15, 0.2) is 0 Å². The Balaban J connectivity index is 2.66. The van der Waals surface area contributed by atoms with Crippen molar-refractivity contribution in [1.82, 2.24) is 10.2 Å². The van der Waals surface area contributed by atoms with Crippen LogP contribution in [0.4, 0.5) is 4.79 Å². The van der Waals surface area contributed by atoms with E-state index in [-0.39, 0.29) is 19.2 Å². The maximum atomic E-state index is 12.3. The second-order valence-electron chi connectivity index (χ2n) is 5.79. The van der Waals surface area contributed by atoms with Crippen LogP contribution in [-0.2, 0) is 9.53 Å². The number of urea groups is 1. The van der Waals surface area contributed by atoms with E-state index >= 15 is 0 Å². The Bertz CT molecular complexity index is 361. The van der Waals surface area contributed by atoms with E-state index < -0.39 is 17.4 Å². The van der Waals surface area contributed by atoms with Crippen molar-refractivity contribution in [3.8, 4) is 0 Å². The predicted molar refractivity (Wildman–Crippen MR) is 75.6 cm³/mol. The second kappa shape index (κ2) is 6.92. The smallest absolute Gasteiger partial charge is 0.317 e. The zero-order valence-corrected chi connectivity index (χ0v) is 12.8. The number of hydrogen-bond donors (Lipinski definition) is 2. The summed E-state index contributed by atoms with van der Waals surface area (Å²) >= 11 is 0. The lowest BCUT2D eigenvalue weighted by molar-refractivity contribution is -0.148. The first kappa shape index (κ1) is 16.8. The summed E-state index contributed by atoms with van der Waals surface area (Å²) in [5.41, 5.74) is -1.05. The summed E-state index contributed by atoms with van der Waals surface area (Å²) in [7, 11) is 0. The van der Waals surface area contributed by atoms with Crippen LogP contribution in [-0.4, -0.2) is 54.4 Å². The molecular formula is C14H26N2O4. The summed E-state index contributed by atoms with van der Waals surface area (Å²) in [6.45, 7) is 9.37. The lowest BCUT2D eigenvalue weighted by Gasteiger charge is -2.30. The molecule has 1 aliphatic heterocycles. The molecule has 0 saturated carbocycles. The van der Waals surface area contributed by atoms with Crippen LogP contribution in [0.25, 0.3) is 0 Å². The fourth-order valence-electron chi connectivity index (χ4n) is 2.19. The number of carbonyl (C=O) groups is 2. The van der Waals surface area contributed by atoms with Gasteiger partial charge in [0.2, 0.25) is 0 Å². The van der Waals surface area contributed by atoms with Gasteiger partial charge in [0.15, 0.2) is 0 Å². The molecule has 1 aliphatic rings. The number of ether oxygens (including phenoxy) is 1. The molecule has 2 N–H and O–H groups in total. The van der Waals surface area contributed by atoms with Gasteiger partial charge in [-0.1, -0.05) is 20.3 Å². The van der Waals surface area contributed by atoms with Crippen molar-refractivity contribution in [3.05, 3.63) is 0 Å². The number of hydrogen-bond acceptors (Lipinski definition) is 3. The Kier molecular flexibility index (Phi) is 5.80. The van der Waals surface area contributed by atoms with E-state index in [4.69, 9.17) is 4.74 Å². The Morgan fingerprint density at radius 1 is 1.50 bits per heavy atom. The van der Waals surface area contributed by atoms with E-state index in [0.717, 1.165) is 6.42 Å². The third kappa shape index (κ3) is 3.62. The van der Waals surface area contributed by atoms with Gasteiger partial charge >= 0.3 is 12.0 Å². The standard InChI is InChI=1S/C14H26N2O4/c1-5-10(3)7-16(6-2)13(19)15-11-8-20-9-14(11,4)12(17)18/h10-11H,5-9H2,1-4H3,(H,15,19)(H,17,18). The number of nitrogens with one attached hydrogen (secondary N) is 1. The monoisotopic (exact) mass is 286 g/mol. The van der Waals surface area contributed by atoms with Gasteiger partial charge in [0.05, 0.1) is 19.3 Å². The first-order valence-corrected chi connectivity index (χ1v) is 7.21. The van der Waals surface area contributed by atoms with Gasteiger partial charge in [0, 0.05) is 13.1 Å². The third-order valence-electron chi connectivity index (χ3n) is 4.14. The van der Waals surface area contributed by atoms with Gasteiger partial charge in [-0.25, -0.2) is 4.79 Å². The number of carboxylic acids is 1. The molecule has 0 aromatic carbocycles. The van der Waals surface area contributed by atoms with Gasteiger partial charge in [-0.15, -0.1) is 0 Å². The molecule has 0 bridgehead atoms. The van der Waals surface area contributed by atoms with Gasteiger partial charge in [0.1, 0.15) is 5.41 Å². The highest BCUT2D eigenvalue weighted by atomic mass is 16.5. The number of rotatable bonds is 6. The summed E-state index contributed by atoms with van der Waals surface area (Å²) in [6, 6.07) is -0.700. The van der Waals surface area contributed by atoms with Crippen molar-refractivity contribution in [2.45, 2.75) is 40.2 Å². The topological polar surface area (TPSA) is 78.9 Å². The van der Waals surface area contributed by atoms with Crippen LogP contribution in [0.1, 0.15) is 34.1 Å². The predicted octanol–water partition coefficient (Wildman–Crippen LogP) is 1.55. The first-order valence-electron chi connectivity index (χ1n) is 7.21. The first-order chi connectivity index (χ1) is 9.35. The molecule has 0 radical (unpaired) electrons. The number of aliphatic carboxylic acids is 1. The molecule has 1 heterocycles. The van der Waals surface area contributed by atoms with E-state index in [1.807, 2.05) is 6.92 Å². The van der Waals surface area contributed by atoms with Gasteiger partial charge in [-0.05, 0) is 19.8 Å². The van der Waals surface area contributed by atoms with Crippen molar-refractivity contribution in [2.75, 3.05) is 26.3 Å². The quantitative estimate of drug-likeness (QED) is 0.776. The number of carboxylic acid groups (broad SMARTS) is 1. The molecule has 6 heteroatoms. The Morgan fingerprint density at radius 3 is 2.65 bits per heavy atom. The van der Waals surface area contributed by atoms with Gasteiger partial charge in [-0.2, -0.15) is 0 Å². The fourth-order valence-corrected chi connectivity index (χ4v) is 2.19.